The molecule has 78 valence electrons. The Balaban J connectivity index is 2.82. The molecule has 0 aliphatic carbocycles. The fourth-order valence-corrected chi connectivity index (χ4v) is 1.76. The number of benzene rings is 1. The Bertz CT molecular complexity index is 297. The smallest absolute Gasteiger partial charge is 0.0807 e. The van der Waals surface area contributed by atoms with Crippen molar-refractivity contribution >= 4 is 15.9 Å². The third-order valence-electron chi connectivity index (χ3n) is 2.52. The molecule has 0 saturated carbocycles. The third kappa shape index (κ3) is 2.80. The van der Waals surface area contributed by atoms with E-state index in [0.29, 0.717) is 19.4 Å². The van der Waals surface area contributed by atoms with E-state index < -0.39 is 5.60 Å². The van der Waals surface area contributed by atoms with Crippen LogP contribution in [0.1, 0.15) is 18.9 Å². The summed E-state index contributed by atoms with van der Waals surface area (Å²) in [7, 11) is 0. The van der Waals surface area contributed by atoms with Crippen LogP contribution in [0.15, 0.2) is 28.7 Å². The highest BCUT2D eigenvalue weighted by molar-refractivity contribution is 9.10. The van der Waals surface area contributed by atoms with E-state index in [4.69, 9.17) is 5.73 Å². The molecule has 2 nitrogen and oxygen atoms in total. The van der Waals surface area contributed by atoms with Gasteiger partial charge in [-0.15, -0.1) is 0 Å². The van der Waals surface area contributed by atoms with Gasteiger partial charge >= 0.3 is 0 Å². The van der Waals surface area contributed by atoms with Crippen LogP contribution in [-0.2, 0) is 6.42 Å². The molecule has 0 aliphatic heterocycles. The van der Waals surface area contributed by atoms with Crippen LogP contribution in [0.4, 0.5) is 0 Å². The average molecular weight is 258 g/mol. The molecule has 0 bridgehead atoms. The van der Waals surface area contributed by atoms with Crippen molar-refractivity contribution in [3.8, 4) is 0 Å². The predicted octanol–water partition coefficient (Wildman–Crippen LogP) is 2.09. The molecule has 1 aromatic rings. The van der Waals surface area contributed by atoms with Crippen LogP contribution >= 0.6 is 15.9 Å². The van der Waals surface area contributed by atoms with Crippen LogP contribution in [0.3, 0.4) is 0 Å². The molecule has 1 unspecified atom stereocenters. The van der Waals surface area contributed by atoms with Crippen molar-refractivity contribution in [2.75, 3.05) is 6.54 Å². The summed E-state index contributed by atoms with van der Waals surface area (Å²) in [5, 5.41) is 10.1. The van der Waals surface area contributed by atoms with Gasteiger partial charge in [-0.05, 0) is 18.1 Å². The number of halogens is 1. The predicted molar refractivity (Wildman–Crippen MR) is 62.1 cm³/mol. The lowest BCUT2D eigenvalue weighted by Gasteiger charge is -2.25. The Morgan fingerprint density at radius 1 is 1.43 bits per heavy atom. The lowest BCUT2D eigenvalue weighted by molar-refractivity contribution is 0.0454. The van der Waals surface area contributed by atoms with Crippen LogP contribution in [0.2, 0.25) is 0 Å². The van der Waals surface area contributed by atoms with Crippen molar-refractivity contribution in [2.45, 2.75) is 25.4 Å². The van der Waals surface area contributed by atoms with Gasteiger partial charge in [-0.3, -0.25) is 0 Å². The molecule has 0 aromatic heterocycles. The number of aliphatic hydroxyl groups is 1. The highest BCUT2D eigenvalue weighted by atomic mass is 79.9. The van der Waals surface area contributed by atoms with Gasteiger partial charge in [0.25, 0.3) is 0 Å². The van der Waals surface area contributed by atoms with E-state index in [-0.39, 0.29) is 0 Å². The van der Waals surface area contributed by atoms with Crippen molar-refractivity contribution in [3.05, 3.63) is 34.3 Å². The van der Waals surface area contributed by atoms with Crippen molar-refractivity contribution in [1.29, 1.82) is 0 Å². The summed E-state index contributed by atoms with van der Waals surface area (Å²) in [5.74, 6) is 0. The molecule has 1 rings (SSSR count). The summed E-state index contributed by atoms with van der Waals surface area (Å²) in [6.45, 7) is 2.24. The number of hydrogen-bond donors (Lipinski definition) is 2. The lowest BCUT2D eigenvalue weighted by Crippen LogP contribution is -2.39. The van der Waals surface area contributed by atoms with Crippen molar-refractivity contribution in [3.63, 3.8) is 0 Å². The SMILES string of the molecule is CCC(O)(CN)Cc1ccccc1Br. The summed E-state index contributed by atoms with van der Waals surface area (Å²) in [6, 6.07) is 7.90. The van der Waals surface area contributed by atoms with Crippen LogP contribution in [0, 0.1) is 0 Å². The first-order valence-electron chi connectivity index (χ1n) is 4.77. The quantitative estimate of drug-likeness (QED) is 0.868. The lowest BCUT2D eigenvalue weighted by atomic mass is 9.92. The molecule has 0 spiro atoms. The van der Waals surface area contributed by atoms with E-state index in [9.17, 15) is 5.11 Å². The zero-order valence-electron chi connectivity index (χ0n) is 8.33. The van der Waals surface area contributed by atoms with E-state index >= 15 is 0 Å². The molecule has 0 radical (unpaired) electrons. The minimum Gasteiger partial charge on any atom is -0.388 e. The Morgan fingerprint density at radius 3 is 2.57 bits per heavy atom. The fourth-order valence-electron chi connectivity index (χ4n) is 1.34. The van der Waals surface area contributed by atoms with Crippen LogP contribution in [0.25, 0.3) is 0 Å². The highest BCUT2D eigenvalue weighted by Crippen LogP contribution is 2.22. The molecule has 0 aliphatic rings. The molecule has 1 aromatic carbocycles. The van der Waals surface area contributed by atoms with E-state index in [2.05, 4.69) is 15.9 Å². The highest BCUT2D eigenvalue weighted by Gasteiger charge is 2.23. The summed E-state index contributed by atoms with van der Waals surface area (Å²) < 4.78 is 1.03. The maximum absolute atomic E-state index is 10.1. The molecule has 14 heavy (non-hydrogen) atoms. The molecule has 1 atom stereocenters. The van der Waals surface area contributed by atoms with Gasteiger partial charge in [-0.2, -0.15) is 0 Å². The minimum absolute atomic E-state index is 0.296. The van der Waals surface area contributed by atoms with Crippen molar-refractivity contribution in [2.24, 2.45) is 5.73 Å². The summed E-state index contributed by atoms with van der Waals surface area (Å²) in [4.78, 5) is 0. The minimum atomic E-state index is -0.774. The van der Waals surface area contributed by atoms with Crippen LogP contribution in [0.5, 0.6) is 0 Å². The van der Waals surface area contributed by atoms with Crippen molar-refractivity contribution < 1.29 is 5.11 Å². The maximum Gasteiger partial charge on any atom is 0.0807 e. The average Bonchev–Trinajstić information content (AvgIpc) is 2.21. The monoisotopic (exact) mass is 257 g/mol. The van der Waals surface area contributed by atoms with E-state index in [1.165, 1.54) is 0 Å². The second kappa shape index (κ2) is 4.91. The van der Waals surface area contributed by atoms with Gasteiger partial charge in [0.1, 0.15) is 0 Å². The van der Waals surface area contributed by atoms with Crippen LogP contribution < -0.4 is 5.73 Å². The second-order valence-corrected chi connectivity index (χ2v) is 4.40. The number of nitrogens with two attached hydrogens (primary N) is 1. The van der Waals surface area contributed by atoms with E-state index in [1.807, 2.05) is 31.2 Å². The van der Waals surface area contributed by atoms with Gasteiger partial charge in [-0.1, -0.05) is 41.1 Å². The maximum atomic E-state index is 10.1. The van der Waals surface area contributed by atoms with Gasteiger partial charge in [0.2, 0.25) is 0 Å². The zero-order valence-corrected chi connectivity index (χ0v) is 9.92. The van der Waals surface area contributed by atoms with E-state index in [1.54, 1.807) is 0 Å². The first kappa shape index (κ1) is 11.7. The van der Waals surface area contributed by atoms with Crippen LogP contribution in [-0.4, -0.2) is 17.3 Å². The van der Waals surface area contributed by atoms with Gasteiger partial charge in [0, 0.05) is 17.4 Å². The Morgan fingerprint density at radius 2 is 2.07 bits per heavy atom. The first-order chi connectivity index (χ1) is 6.61. The topological polar surface area (TPSA) is 46.2 Å². The standard InChI is InChI=1S/C11H16BrNO/c1-2-11(14,8-13)7-9-5-3-4-6-10(9)12/h3-6,14H,2,7-8,13H2,1H3. The Labute approximate surface area is 93.3 Å². The number of rotatable bonds is 4. The summed E-state index contributed by atoms with van der Waals surface area (Å²) >= 11 is 3.46. The Kier molecular flexibility index (Phi) is 4.11. The summed E-state index contributed by atoms with van der Waals surface area (Å²) in [6.07, 6.45) is 1.27. The molecule has 3 N–H and O–H groups in total. The Hall–Kier alpha value is -0.380. The molecule has 3 heteroatoms. The second-order valence-electron chi connectivity index (χ2n) is 3.55. The number of hydrogen-bond acceptors (Lipinski definition) is 2. The third-order valence-corrected chi connectivity index (χ3v) is 3.29. The van der Waals surface area contributed by atoms with Crippen molar-refractivity contribution in [1.82, 2.24) is 0 Å². The van der Waals surface area contributed by atoms with Gasteiger partial charge in [-0.25, -0.2) is 0 Å². The summed E-state index contributed by atoms with van der Waals surface area (Å²) in [5.41, 5.74) is 5.88. The van der Waals surface area contributed by atoms with Gasteiger partial charge < -0.3 is 10.8 Å². The van der Waals surface area contributed by atoms with Gasteiger partial charge in [0.05, 0.1) is 5.60 Å². The molecule has 0 saturated heterocycles. The molecular weight excluding hydrogens is 242 g/mol. The normalized spacial score (nSPS) is 15.1. The molecule has 0 fully saturated rings. The largest absolute Gasteiger partial charge is 0.388 e. The van der Waals surface area contributed by atoms with Gasteiger partial charge in [0.15, 0.2) is 0 Å². The fraction of sp³-hybridized carbons (Fsp3) is 0.455. The zero-order chi connectivity index (χ0) is 10.6. The molecule has 0 amide bonds. The van der Waals surface area contributed by atoms with E-state index in [0.717, 1.165) is 10.0 Å². The first-order valence-corrected chi connectivity index (χ1v) is 5.56. The molecular formula is C11H16BrNO. The molecule has 0 heterocycles.